The molecule has 0 spiro atoms. The number of aromatic nitrogens is 4. The highest BCUT2D eigenvalue weighted by atomic mass is 32.2. The van der Waals surface area contributed by atoms with Crippen molar-refractivity contribution in [2.45, 2.75) is 49.3 Å². The number of hydrogen-bond acceptors (Lipinski definition) is 6. The number of nitrogens with one attached hydrogen (secondary N) is 1. The summed E-state index contributed by atoms with van der Waals surface area (Å²) in [5, 5.41) is 2.66. The SMILES string of the molecule is C[C@H]1C(F)C[C@@H](C(=O)NCc2ccnc(-c3cnc(C(F)(F)F)nc3)c2)N1S(=O)c1ccc(F)cn1. The van der Waals surface area contributed by atoms with E-state index in [9.17, 15) is 31.0 Å². The molecule has 3 aromatic rings. The Kier molecular flexibility index (Phi) is 7.36. The standard InChI is InChI=1S/C22H19F5N6O2S/c1-12-16(24)7-18(33(12)36(35)19-3-2-15(23)11-29-19)20(34)30-8-13-4-5-28-17(6-13)14-9-31-21(32-10-14)22(25,26)27/h2-6,9-12,16,18H,7-8H2,1H3,(H,30,34)/t12-,16?,18-,36?/m0/s1. The Morgan fingerprint density at radius 3 is 2.50 bits per heavy atom. The Morgan fingerprint density at radius 1 is 1.14 bits per heavy atom. The summed E-state index contributed by atoms with van der Waals surface area (Å²) in [4.78, 5) is 27.4. The van der Waals surface area contributed by atoms with Crippen molar-refractivity contribution in [3.05, 3.63) is 66.3 Å². The molecule has 0 aliphatic carbocycles. The van der Waals surface area contributed by atoms with Gasteiger partial charge in [0, 0.05) is 37.1 Å². The fraction of sp³-hybridized carbons (Fsp3) is 0.318. The zero-order valence-electron chi connectivity index (χ0n) is 18.6. The summed E-state index contributed by atoms with van der Waals surface area (Å²) < 4.78 is 79.9. The van der Waals surface area contributed by atoms with Gasteiger partial charge in [-0.3, -0.25) is 9.78 Å². The first kappa shape index (κ1) is 25.7. The largest absolute Gasteiger partial charge is 0.451 e. The van der Waals surface area contributed by atoms with Crippen LogP contribution < -0.4 is 5.32 Å². The molecule has 4 atom stereocenters. The second-order valence-electron chi connectivity index (χ2n) is 7.99. The fourth-order valence-electron chi connectivity index (χ4n) is 3.68. The molecule has 2 unspecified atom stereocenters. The number of amides is 1. The molecule has 1 fully saturated rings. The van der Waals surface area contributed by atoms with Crippen LogP contribution in [0.25, 0.3) is 11.3 Å². The van der Waals surface area contributed by atoms with E-state index in [1.807, 2.05) is 0 Å². The molecule has 3 aromatic heterocycles. The number of rotatable bonds is 6. The molecule has 190 valence electrons. The van der Waals surface area contributed by atoms with Crippen LogP contribution in [0, 0.1) is 5.82 Å². The van der Waals surface area contributed by atoms with Crippen molar-refractivity contribution in [1.82, 2.24) is 29.6 Å². The number of carbonyl (C=O) groups is 1. The number of pyridine rings is 2. The Balaban J connectivity index is 1.46. The maximum Gasteiger partial charge on any atom is 0.451 e. The van der Waals surface area contributed by atoms with E-state index >= 15 is 0 Å². The molecule has 4 rings (SSSR count). The number of nitrogens with zero attached hydrogens (tertiary/aromatic N) is 5. The lowest BCUT2D eigenvalue weighted by molar-refractivity contribution is -0.145. The third-order valence-corrected chi connectivity index (χ3v) is 7.12. The minimum Gasteiger partial charge on any atom is -0.351 e. The highest BCUT2D eigenvalue weighted by Crippen LogP contribution is 2.31. The third-order valence-electron chi connectivity index (χ3n) is 5.55. The molecule has 36 heavy (non-hydrogen) atoms. The Bertz CT molecular complexity index is 1260. The minimum atomic E-state index is -4.67. The van der Waals surface area contributed by atoms with Gasteiger partial charge < -0.3 is 5.32 Å². The first-order valence-electron chi connectivity index (χ1n) is 10.6. The number of halogens is 5. The van der Waals surface area contributed by atoms with Crippen molar-refractivity contribution >= 4 is 16.9 Å². The van der Waals surface area contributed by atoms with E-state index in [0.29, 0.717) is 11.3 Å². The molecule has 0 saturated carbocycles. The summed E-state index contributed by atoms with van der Waals surface area (Å²) in [5.74, 6) is -2.47. The number of carbonyl (C=O) groups excluding carboxylic acids is 1. The van der Waals surface area contributed by atoms with Gasteiger partial charge in [-0.15, -0.1) is 0 Å². The zero-order chi connectivity index (χ0) is 26.0. The van der Waals surface area contributed by atoms with Crippen molar-refractivity contribution in [2.75, 3.05) is 0 Å². The second-order valence-corrected chi connectivity index (χ2v) is 9.33. The van der Waals surface area contributed by atoms with Crippen LogP contribution in [-0.2, 0) is 28.5 Å². The molecule has 8 nitrogen and oxygen atoms in total. The third kappa shape index (κ3) is 5.54. The highest BCUT2D eigenvalue weighted by molar-refractivity contribution is 7.82. The van der Waals surface area contributed by atoms with Crippen LogP contribution in [0.2, 0.25) is 0 Å². The van der Waals surface area contributed by atoms with Crippen molar-refractivity contribution in [1.29, 1.82) is 0 Å². The summed E-state index contributed by atoms with van der Waals surface area (Å²) >= 11 is 0. The van der Waals surface area contributed by atoms with Crippen molar-refractivity contribution in [3.8, 4) is 11.3 Å². The average Bonchev–Trinajstić information content (AvgIpc) is 3.16. The summed E-state index contributed by atoms with van der Waals surface area (Å²) in [6.07, 6.45) is -1.98. The van der Waals surface area contributed by atoms with Gasteiger partial charge in [-0.2, -0.15) is 13.2 Å². The molecule has 0 aromatic carbocycles. The van der Waals surface area contributed by atoms with Crippen molar-refractivity contribution < 1.29 is 31.0 Å². The van der Waals surface area contributed by atoms with Gasteiger partial charge in [-0.25, -0.2) is 32.2 Å². The summed E-state index contributed by atoms with van der Waals surface area (Å²) in [7, 11) is -2.00. The molecule has 1 N–H and O–H groups in total. The molecular formula is C22H19F5N6O2S. The molecule has 0 bridgehead atoms. The number of alkyl halides is 4. The van der Waals surface area contributed by atoms with E-state index < -0.39 is 53.0 Å². The van der Waals surface area contributed by atoms with E-state index in [1.54, 1.807) is 12.1 Å². The van der Waals surface area contributed by atoms with Gasteiger partial charge >= 0.3 is 6.18 Å². The normalized spacial score (nSPS) is 21.3. The summed E-state index contributed by atoms with van der Waals surface area (Å²) in [6.45, 7) is 1.49. The molecule has 14 heteroatoms. The Morgan fingerprint density at radius 2 is 1.86 bits per heavy atom. The van der Waals surface area contributed by atoms with Crippen molar-refractivity contribution in [3.63, 3.8) is 0 Å². The molecule has 1 amide bonds. The quantitative estimate of drug-likeness (QED) is 0.495. The van der Waals surface area contributed by atoms with E-state index in [2.05, 4.69) is 25.3 Å². The van der Waals surface area contributed by atoms with Gasteiger partial charge in [-0.05, 0) is 36.8 Å². The van der Waals surface area contributed by atoms with E-state index in [1.165, 1.54) is 23.5 Å². The predicted molar refractivity (Wildman–Crippen MR) is 117 cm³/mol. The average molecular weight is 526 g/mol. The topological polar surface area (TPSA) is 101 Å². The fourth-order valence-corrected chi connectivity index (χ4v) is 5.07. The second kappa shape index (κ2) is 10.3. The van der Waals surface area contributed by atoms with Crippen LogP contribution in [0.4, 0.5) is 22.0 Å². The minimum absolute atomic E-state index is 0.00677. The molecule has 1 aliphatic rings. The molecule has 4 heterocycles. The lowest BCUT2D eigenvalue weighted by atomic mass is 10.1. The smallest absolute Gasteiger partial charge is 0.351 e. The predicted octanol–water partition coefficient (Wildman–Crippen LogP) is 3.23. The van der Waals surface area contributed by atoms with Gasteiger partial charge in [0.2, 0.25) is 11.7 Å². The molecule has 1 saturated heterocycles. The van der Waals surface area contributed by atoms with E-state index in [4.69, 9.17) is 0 Å². The first-order valence-corrected chi connectivity index (χ1v) is 11.7. The molecular weight excluding hydrogens is 507 g/mol. The molecule has 1 aliphatic heterocycles. The lowest BCUT2D eigenvalue weighted by Gasteiger charge is -2.25. The van der Waals surface area contributed by atoms with Crippen molar-refractivity contribution in [2.24, 2.45) is 0 Å². The van der Waals surface area contributed by atoms with E-state index in [-0.39, 0.29) is 23.6 Å². The van der Waals surface area contributed by atoms with Crippen LogP contribution in [0.15, 0.2) is 54.1 Å². The van der Waals surface area contributed by atoms with Crippen LogP contribution in [-0.4, -0.2) is 52.6 Å². The Hall–Kier alpha value is -3.39. The van der Waals surface area contributed by atoms with E-state index in [0.717, 1.165) is 24.7 Å². The Labute approximate surface area is 204 Å². The maximum atomic E-state index is 14.5. The van der Waals surface area contributed by atoms with Gasteiger partial charge in [0.25, 0.3) is 0 Å². The summed E-state index contributed by atoms with van der Waals surface area (Å²) in [5.41, 5.74) is 1.09. The van der Waals surface area contributed by atoms with Crippen LogP contribution in [0.5, 0.6) is 0 Å². The van der Waals surface area contributed by atoms with Gasteiger partial charge in [0.05, 0.1) is 17.9 Å². The van der Waals surface area contributed by atoms with Gasteiger partial charge in [0.15, 0.2) is 0 Å². The van der Waals surface area contributed by atoms with Crippen LogP contribution in [0.3, 0.4) is 0 Å². The zero-order valence-corrected chi connectivity index (χ0v) is 19.4. The van der Waals surface area contributed by atoms with Gasteiger partial charge in [-0.1, -0.05) is 0 Å². The summed E-state index contributed by atoms with van der Waals surface area (Å²) in [6, 6.07) is 3.50. The van der Waals surface area contributed by atoms with Gasteiger partial charge in [0.1, 0.15) is 34.0 Å². The van der Waals surface area contributed by atoms with Crippen LogP contribution in [0.1, 0.15) is 24.7 Å². The monoisotopic (exact) mass is 526 g/mol. The maximum absolute atomic E-state index is 14.5. The first-order chi connectivity index (χ1) is 17.0. The number of hydrogen-bond donors (Lipinski definition) is 1. The van der Waals surface area contributed by atoms with Crippen LogP contribution >= 0.6 is 0 Å². The highest BCUT2D eigenvalue weighted by Gasteiger charge is 2.46. The molecule has 0 radical (unpaired) electrons. The lowest BCUT2D eigenvalue weighted by Crippen LogP contribution is -2.46.